The Morgan fingerprint density at radius 2 is 1.96 bits per heavy atom. The Balaban J connectivity index is 1.46. The summed E-state index contributed by atoms with van der Waals surface area (Å²) in [5.41, 5.74) is 1.99. The number of hydrogen-bond donors (Lipinski definition) is 3. The van der Waals surface area contributed by atoms with E-state index in [-0.39, 0.29) is 11.9 Å². The van der Waals surface area contributed by atoms with Gasteiger partial charge in [-0.3, -0.25) is 9.89 Å². The van der Waals surface area contributed by atoms with Crippen LogP contribution in [0.25, 0.3) is 11.3 Å². The monoisotopic (exact) mass is 330 g/mol. The molecule has 2 saturated heterocycles. The first-order valence-corrected chi connectivity index (χ1v) is 8.44. The van der Waals surface area contributed by atoms with Crippen molar-refractivity contribution in [2.75, 3.05) is 0 Å². The minimum absolute atomic E-state index is 0.0953. The lowest BCUT2D eigenvalue weighted by Crippen LogP contribution is -2.48. The van der Waals surface area contributed by atoms with Gasteiger partial charge in [0.05, 0.1) is 10.7 Å². The molecule has 2 bridgehead atoms. The predicted octanol–water partition coefficient (Wildman–Crippen LogP) is 2.74. The molecule has 0 radical (unpaired) electrons. The van der Waals surface area contributed by atoms with Gasteiger partial charge in [-0.25, -0.2) is 0 Å². The second-order valence-electron chi connectivity index (χ2n) is 6.43. The number of nitrogens with zero attached hydrogens (tertiary/aromatic N) is 1. The first-order valence-electron chi connectivity index (χ1n) is 8.06. The van der Waals surface area contributed by atoms with Crippen molar-refractivity contribution in [3.63, 3.8) is 0 Å². The zero-order valence-electron chi connectivity index (χ0n) is 12.7. The van der Waals surface area contributed by atoms with Crippen molar-refractivity contribution in [2.45, 2.75) is 43.8 Å². The summed E-state index contributed by atoms with van der Waals surface area (Å²) in [5.74, 6) is -0.0953. The molecule has 5 nitrogen and oxygen atoms in total. The normalized spacial score (nSPS) is 26.2. The summed E-state index contributed by atoms with van der Waals surface area (Å²) in [5, 5.41) is 14.4. The van der Waals surface area contributed by atoms with Gasteiger partial charge in [0.2, 0.25) is 0 Å². The number of halogens is 1. The average Bonchev–Trinajstić information content (AvgIpc) is 3.15. The van der Waals surface area contributed by atoms with Gasteiger partial charge in [-0.1, -0.05) is 29.8 Å². The Kier molecular flexibility index (Phi) is 3.83. The number of fused-ring (bicyclic) bond motifs is 2. The van der Waals surface area contributed by atoms with Crippen LogP contribution in [0.15, 0.2) is 30.3 Å². The summed E-state index contributed by atoms with van der Waals surface area (Å²) in [6.07, 6.45) is 4.46. The van der Waals surface area contributed by atoms with Gasteiger partial charge in [-0.15, -0.1) is 0 Å². The zero-order chi connectivity index (χ0) is 15.8. The SMILES string of the molecule is O=C(NC1CC2CCC(C1)N2)c1cc(-c2ccccc2Cl)n[nH]1. The van der Waals surface area contributed by atoms with Gasteiger partial charge in [0.1, 0.15) is 5.69 Å². The van der Waals surface area contributed by atoms with Crippen LogP contribution in [0.5, 0.6) is 0 Å². The predicted molar refractivity (Wildman–Crippen MR) is 89.5 cm³/mol. The van der Waals surface area contributed by atoms with E-state index in [1.807, 2.05) is 24.3 Å². The van der Waals surface area contributed by atoms with Gasteiger partial charge in [0.15, 0.2) is 0 Å². The van der Waals surface area contributed by atoms with Crippen LogP contribution in [-0.2, 0) is 0 Å². The molecule has 1 aromatic carbocycles. The fourth-order valence-corrected chi connectivity index (χ4v) is 3.92. The fourth-order valence-electron chi connectivity index (χ4n) is 3.68. The molecule has 23 heavy (non-hydrogen) atoms. The summed E-state index contributed by atoms with van der Waals surface area (Å²) in [7, 11) is 0. The number of hydrogen-bond acceptors (Lipinski definition) is 3. The zero-order valence-corrected chi connectivity index (χ0v) is 13.4. The highest BCUT2D eigenvalue weighted by Crippen LogP contribution is 2.28. The quantitative estimate of drug-likeness (QED) is 0.810. The number of H-pyrrole nitrogens is 1. The topological polar surface area (TPSA) is 69.8 Å². The van der Waals surface area contributed by atoms with Crippen LogP contribution < -0.4 is 10.6 Å². The molecule has 2 fully saturated rings. The van der Waals surface area contributed by atoms with E-state index in [1.54, 1.807) is 6.07 Å². The minimum Gasteiger partial charge on any atom is -0.348 e. The Morgan fingerprint density at radius 1 is 1.22 bits per heavy atom. The van der Waals surface area contributed by atoms with Crippen molar-refractivity contribution < 1.29 is 4.79 Å². The molecule has 1 aromatic heterocycles. The van der Waals surface area contributed by atoms with E-state index in [9.17, 15) is 4.79 Å². The second-order valence-corrected chi connectivity index (χ2v) is 6.83. The number of aromatic nitrogens is 2. The number of carbonyl (C=O) groups is 1. The number of benzene rings is 1. The number of carbonyl (C=O) groups excluding carboxylic acids is 1. The largest absolute Gasteiger partial charge is 0.348 e. The van der Waals surface area contributed by atoms with E-state index in [4.69, 9.17) is 11.6 Å². The van der Waals surface area contributed by atoms with Crippen molar-refractivity contribution in [2.24, 2.45) is 0 Å². The van der Waals surface area contributed by atoms with Crippen molar-refractivity contribution in [3.05, 3.63) is 41.0 Å². The van der Waals surface area contributed by atoms with Crippen molar-refractivity contribution in [1.82, 2.24) is 20.8 Å². The third kappa shape index (κ3) is 2.99. The lowest BCUT2D eigenvalue weighted by Gasteiger charge is -2.29. The lowest BCUT2D eigenvalue weighted by atomic mass is 10.00. The van der Waals surface area contributed by atoms with E-state index in [0.29, 0.717) is 28.5 Å². The first-order chi connectivity index (χ1) is 11.2. The van der Waals surface area contributed by atoms with E-state index in [2.05, 4.69) is 20.8 Å². The van der Waals surface area contributed by atoms with E-state index >= 15 is 0 Å². The second kappa shape index (κ2) is 5.98. The molecule has 0 spiro atoms. The van der Waals surface area contributed by atoms with Crippen molar-refractivity contribution >= 4 is 17.5 Å². The molecule has 2 atom stereocenters. The number of piperidine rings is 1. The standard InChI is InChI=1S/C17H19ClN4O/c18-14-4-2-1-3-13(14)15-9-16(22-21-15)17(23)20-12-7-10-5-6-11(8-12)19-10/h1-4,9-12,19H,5-8H2,(H,20,23)(H,21,22). The Labute approximate surface area is 139 Å². The molecule has 4 rings (SSSR count). The van der Waals surface area contributed by atoms with Crippen LogP contribution in [0.2, 0.25) is 5.02 Å². The van der Waals surface area contributed by atoms with Crippen LogP contribution in [0, 0.1) is 0 Å². The molecule has 2 aliphatic heterocycles. The average molecular weight is 331 g/mol. The highest BCUT2D eigenvalue weighted by atomic mass is 35.5. The molecule has 0 saturated carbocycles. The summed E-state index contributed by atoms with van der Waals surface area (Å²) < 4.78 is 0. The van der Waals surface area contributed by atoms with Crippen molar-refractivity contribution in [3.8, 4) is 11.3 Å². The first kappa shape index (κ1) is 14.7. The number of rotatable bonds is 3. The molecule has 0 aliphatic carbocycles. The van der Waals surface area contributed by atoms with Gasteiger partial charge < -0.3 is 10.6 Å². The van der Waals surface area contributed by atoms with E-state index in [1.165, 1.54) is 12.8 Å². The molecular formula is C17H19ClN4O. The highest BCUT2D eigenvalue weighted by Gasteiger charge is 2.34. The summed E-state index contributed by atoms with van der Waals surface area (Å²) >= 11 is 6.18. The highest BCUT2D eigenvalue weighted by molar-refractivity contribution is 6.33. The molecule has 120 valence electrons. The molecule has 1 amide bonds. The van der Waals surface area contributed by atoms with E-state index < -0.39 is 0 Å². The Bertz CT molecular complexity index is 717. The maximum absolute atomic E-state index is 12.4. The van der Waals surface area contributed by atoms with Gasteiger partial charge in [0.25, 0.3) is 5.91 Å². The summed E-state index contributed by atoms with van der Waals surface area (Å²) in [6, 6.07) is 10.6. The van der Waals surface area contributed by atoms with Gasteiger partial charge in [-0.2, -0.15) is 5.10 Å². The molecule has 2 aromatic rings. The fraction of sp³-hybridized carbons (Fsp3) is 0.412. The Morgan fingerprint density at radius 3 is 2.70 bits per heavy atom. The molecule has 3 N–H and O–H groups in total. The van der Waals surface area contributed by atoms with Crippen LogP contribution in [0.1, 0.15) is 36.2 Å². The molecule has 2 aliphatic rings. The smallest absolute Gasteiger partial charge is 0.269 e. The molecule has 2 unspecified atom stereocenters. The molecule has 6 heteroatoms. The Hall–Kier alpha value is -1.85. The summed E-state index contributed by atoms with van der Waals surface area (Å²) in [6.45, 7) is 0. The van der Waals surface area contributed by atoms with Crippen LogP contribution in [0.3, 0.4) is 0 Å². The summed E-state index contributed by atoms with van der Waals surface area (Å²) in [4.78, 5) is 12.4. The van der Waals surface area contributed by atoms with Gasteiger partial charge >= 0.3 is 0 Å². The number of nitrogens with one attached hydrogen (secondary N) is 3. The minimum atomic E-state index is -0.0953. The van der Waals surface area contributed by atoms with Gasteiger partial charge in [0, 0.05) is 23.7 Å². The van der Waals surface area contributed by atoms with Crippen LogP contribution in [0.4, 0.5) is 0 Å². The number of amides is 1. The maximum atomic E-state index is 12.4. The maximum Gasteiger partial charge on any atom is 0.269 e. The van der Waals surface area contributed by atoms with E-state index in [0.717, 1.165) is 18.4 Å². The van der Waals surface area contributed by atoms with Crippen molar-refractivity contribution in [1.29, 1.82) is 0 Å². The lowest BCUT2D eigenvalue weighted by molar-refractivity contribution is 0.0919. The van der Waals surface area contributed by atoms with Crippen LogP contribution in [-0.4, -0.2) is 34.2 Å². The molecule has 3 heterocycles. The number of aromatic amines is 1. The third-order valence-corrected chi connectivity index (χ3v) is 5.11. The third-order valence-electron chi connectivity index (χ3n) is 4.78. The van der Waals surface area contributed by atoms with Crippen LogP contribution >= 0.6 is 11.6 Å². The van der Waals surface area contributed by atoms with Gasteiger partial charge in [-0.05, 0) is 37.8 Å². The molecular weight excluding hydrogens is 312 g/mol.